The second-order valence-corrected chi connectivity index (χ2v) is 7.85. The third-order valence-electron chi connectivity index (χ3n) is 4.07. The summed E-state index contributed by atoms with van der Waals surface area (Å²) in [5, 5.41) is 8.42. The molecular weight excluding hydrogens is 426 g/mol. The summed E-state index contributed by atoms with van der Waals surface area (Å²) in [6, 6.07) is 9.35. The van der Waals surface area contributed by atoms with E-state index in [1.165, 1.54) is 22.7 Å². The summed E-state index contributed by atoms with van der Waals surface area (Å²) in [5.41, 5.74) is 1.50. The molecule has 0 unspecified atom stereocenters. The van der Waals surface area contributed by atoms with Crippen LogP contribution in [0.25, 0.3) is 21.3 Å². The first kappa shape index (κ1) is 20.0. The van der Waals surface area contributed by atoms with Gasteiger partial charge in [-0.15, -0.1) is 22.7 Å². The quantitative estimate of drug-likeness (QED) is 0.373. The Morgan fingerprint density at radius 3 is 2.73 bits per heavy atom. The van der Waals surface area contributed by atoms with Crippen LogP contribution in [0.3, 0.4) is 0 Å². The number of thiophene rings is 1. The molecular formula is C20H17N3O5S2. The fourth-order valence-electron chi connectivity index (χ4n) is 2.65. The molecule has 30 heavy (non-hydrogen) atoms. The molecule has 0 fully saturated rings. The highest BCUT2D eigenvalue weighted by Crippen LogP contribution is 2.33. The van der Waals surface area contributed by atoms with E-state index in [4.69, 9.17) is 18.7 Å². The zero-order valence-corrected chi connectivity index (χ0v) is 17.8. The molecule has 0 aliphatic rings. The molecule has 1 aromatic carbocycles. The van der Waals surface area contributed by atoms with Crippen LogP contribution in [0.2, 0.25) is 0 Å². The molecule has 0 atom stereocenters. The van der Waals surface area contributed by atoms with Crippen molar-refractivity contribution in [3.8, 4) is 32.8 Å². The summed E-state index contributed by atoms with van der Waals surface area (Å²) in [4.78, 5) is 21.8. The van der Waals surface area contributed by atoms with E-state index >= 15 is 0 Å². The average molecular weight is 444 g/mol. The highest BCUT2D eigenvalue weighted by molar-refractivity contribution is 7.13. The van der Waals surface area contributed by atoms with Crippen molar-refractivity contribution in [2.45, 2.75) is 13.0 Å². The minimum Gasteiger partial charge on any atom is -0.493 e. The van der Waals surface area contributed by atoms with Crippen molar-refractivity contribution in [3.05, 3.63) is 52.7 Å². The number of rotatable bonds is 8. The minimum absolute atomic E-state index is 0.0513. The summed E-state index contributed by atoms with van der Waals surface area (Å²) < 4.78 is 20.9. The van der Waals surface area contributed by atoms with E-state index in [1.807, 2.05) is 41.1 Å². The summed E-state index contributed by atoms with van der Waals surface area (Å²) in [7, 11) is 3.17. The Bertz CT molecular complexity index is 1140. The van der Waals surface area contributed by atoms with Gasteiger partial charge < -0.3 is 18.7 Å². The molecule has 4 rings (SSSR count). The number of benzene rings is 1. The predicted molar refractivity (Wildman–Crippen MR) is 112 cm³/mol. The SMILES string of the molecule is COc1ccc(-c2nc(CC(=O)OCc3nc(-c4cccs4)no3)cs2)cc1OC. The summed E-state index contributed by atoms with van der Waals surface area (Å²) in [5.74, 6) is 1.57. The Morgan fingerprint density at radius 1 is 1.10 bits per heavy atom. The van der Waals surface area contributed by atoms with Crippen LogP contribution in [-0.4, -0.2) is 35.3 Å². The van der Waals surface area contributed by atoms with Gasteiger partial charge in [0.2, 0.25) is 5.82 Å². The van der Waals surface area contributed by atoms with Crippen molar-refractivity contribution in [2.24, 2.45) is 0 Å². The van der Waals surface area contributed by atoms with Crippen LogP contribution < -0.4 is 9.47 Å². The lowest BCUT2D eigenvalue weighted by Crippen LogP contribution is -2.08. The zero-order chi connectivity index (χ0) is 20.9. The Labute approximate surface area is 180 Å². The van der Waals surface area contributed by atoms with Crippen molar-refractivity contribution in [1.29, 1.82) is 0 Å². The smallest absolute Gasteiger partial charge is 0.312 e. The van der Waals surface area contributed by atoms with Crippen LogP contribution in [0.15, 0.2) is 45.6 Å². The van der Waals surface area contributed by atoms with Gasteiger partial charge in [0.15, 0.2) is 18.1 Å². The van der Waals surface area contributed by atoms with Gasteiger partial charge in [0, 0.05) is 10.9 Å². The third kappa shape index (κ3) is 4.50. The minimum atomic E-state index is -0.421. The topological polar surface area (TPSA) is 96.6 Å². The number of hydrogen-bond donors (Lipinski definition) is 0. The monoisotopic (exact) mass is 443 g/mol. The van der Waals surface area contributed by atoms with Crippen molar-refractivity contribution >= 4 is 28.6 Å². The number of esters is 1. The van der Waals surface area contributed by atoms with Crippen LogP contribution in [0.4, 0.5) is 0 Å². The van der Waals surface area contributed by atoms with Gasteiger partial charge in [0.05, 0.1) is 31.2 Å². The lowest BCUT2D eigenvalue weighted by Gasteiger charge is -2.08. The number of aromatic nitrogens is 3. The number of nitrogens with zero attached hydrogens (tertiary/aromatic N) is 3. The number of ether oxygens (including phenoxy) is 3. The summed E-state index contributed by atoms with van der Waals surface area (Å²) >= 11 is 2.94. The maximum atomic E-state index is 12.2. The average Bonchev–Trinajstić information content (AvgIpc) is 3.53. The van der Waals surface area contributed by atoms with Crippen LogP contribution in [-0.2, 0) is 22.6 Å². The van der Waals surface area contributed by atoms with Crippen molar-refractivity contribution < 1.29 is 23.5 Å². The maximum absolute atomic E-state index is 12.2. The number of hydrogen-bond acceptors (Lipinski definition) is 10. The largest absolute Gasteiger partial charge is 0.493 e. The first-order chi connectivity index (χ1) is 14.7. The van der Waals surface area contributed by atoms with Crippen molar-refractivity contribution in [1.82, 2.24) is 15.1 Å². The van der Waals surface area contributed by atoms with Crippen LogP contribution in [0.1, 0.15) is 11.6 Å². The van der Waals surface area contributed by atoms with Gasteiger partial charge in [-0.2, -0.15) is 4.98 Å². The Kier molecular flexibility index (Phi) is 6.05. The fourth-order valence-corrected chi connectivity index (χ4v) is 4.12. The molecule has 0 bridgehead atoms. The molecule has 10 heteroatoms. The molecule has 3 aromatic heterocycles. The van der Waals surface area contributed by atoms with E-state index in [9.17, 15) is 4.79 Å². The second-order valence-electron chi connectivity index (χ2n) is 6.04. The molecule has 0 radical (unpaired) electrons. The molecule has 0 amide bonds. The van der Waals surface area contributed by atoms with Gasteiger partial charge in [-0.3, -0.25) is 4.79 Å². The number of carbonyl (C=O) groups excluding carboxylic acids is 1. The fraction of sp³-hybridized carbons (Fsp3) is 0.200. The number of methoxy groups -OCH3 is 2. The van der Waals surface area contributed by atoms with E-state index < -0.39 is 5.97 Å². The van der Waals surface area contributed by atoms with Crippen LogP contribution in [0.5, 0.6) is 11.5 Å². The van der Waals surface area contributed by atoms with Gasteiger partial charge in [-0.25, -0.2) is 4.98 Å². The molecule has 0 aliphatic heterocycles. The lowest BCUT2D eigenvalue weighted by molar-refractivity contribution is -0.144. The predicted octanol–water partition coefficient (Wildman–Crippen LogP) is 4.22. The lowest BCUT2D eigenvalue weighted by atomic mass is 10.2. The normalized spacial score (nSPS) is 10.7. The summed E-state index contributed by atoms with van der Waals surface area (Å²) in [6.07, 6.45) is 0.0513. The molecule has 3 heterocycles. The molecule has 0 spiro atoms. The van der Waals surface area contributed by atoms with Crippen molar-refractivity contribution in [3.63, 3.8) is 0 Å². The molecule has 4 aromatic rings. The highest BCUT2D eigenvalue weighted by Gasteiger charge is 2.15. The van der Waals surface area contributed by atoms with Gasteiger partial charge in [-0.05, 0) is 29.6 Å². The van der Waals surface area contributed by atoms with Gasteiger partial charge in [0.25, 0.3) is 5.89 Å². The van der Waals surface area contributed by atoms with Crippen LogP contribution >= 0.6 is 22.7 Å². The first-order valence-corrected chi connectivity index (χ1v) is 10.6. The molecule has 8 nitrogen and oxygen atoms in total. The van der Waals surface area contributed by atoms with Crippen molar-refractivity contribution in [2.75, 3.05) is 14.2 Å². The second kappa shape index (κ2) is 9.06. The molecule has 0 aliphatic carbocycles. The number of carbonyl (C=O) groups is 1. The maximum Gasteiger partial charge on any atom is 0.312 e. The molecule has 0 saturated heterocycles. The van der Waals surface area contributed by atoms with E-state index in [0.29, 0.717) is 23.0 Å². The van der Waals surface area contributed by atoms with E-state index in [-0.39, 0.29) is 18.9 Å². The van der Waals surface area contributed by atoms with Gasteiger partial charge >= 0.3 is 5.97 Å². The molecule has 154 valence electrons. The van der Waals surface area contributed by atoms with Gasteiger partial charge in [-0.1, -0.05) is 11.2 Å². The molecule has 0 saturated carbocycles. The van der Waals surface area contributed by atoms with E-state index in [0.717, 1.165) is 15.4 Å². The first-order valence-electron chi connectivity index (χ1n) is 8.85. The van der Waals surface area contributed by atoms with Gasteiger partial charge in [0.1, 0.15) is 5.01 Å². The Balaban J connectivity index is 1.35. The third-order valence-corrected chi connectivity index (χ3v) is 5.88. The van der Waals surface area contributed by atoms with Crippen LogP contribution in [0, 0.1) is 0 Å². The van der Waals surface area contributed by atoms with E-state index in [1.54, 1.807) is 14.2 Å². The highest BCUT2D eigenvalue weighted by atomic mass is 32.1. The van der Waals surface area contributed by atoms with E-state index in [2.05, 4.69) is 15.1 Å². The molecule has 0 N–H and O–H groups in total. The standard InChI is InChI=1S/C20H17N3O5S2/c1-25-14-6-5-12(8-15(14)26-2)20-21-13(11-30-20)9-18(24)27-10-17-22-19(23-28-17)16-4-3-7-29-16/h3-8,11H,9-10H2,1-2H3. The Morgan fingerprint density at radius 2 is 1.97 bits per heavy atom. The Hall–Kier alpha value is -3.24. The number of thiazole rings is 1. The zero-order valence-electron chi connectivity index (χ0n) is 16.2. The summed E-state index contributed by atoms with van der Waals surface area (Å²) in [6.45, 7) is -0.0795.